The number of hydrogen-bond acceptors (Lipinski definition) is 3. The average molecular weight is 236 g/mol. The van der Waals surface area contributed by atoms with Crippen molar-refractivity contribution in [2.45, 2.75) is 39.2 Å². The topological polar surface area (TPSA) is 35.5 Å². The van der Waals surface area contributed by atoms with Crippen molar-refractivity contribution in [1.29, 1.82) is 0 Å². The van der Waals surface area contributed by atoms with Gasteiger partial charge in [0.1, 0.15) is 17.8 Å². The van der Waals surface area contributed by atoms with Gasteiger partial charge in [-0.3, -0.25) is 0 Å². The second kappa shape index (κ2) is 5.21. The van der Waals surface area contributed by atoms with Gasteiger partial charge in [0.15, 0.2) is 0 Å². The Morgan fingerprint density at radius 2 is 1.94 bits per heavy atom. The van der Waals surface area contributed by atoms with E-state index in [2.05, 4.69) is 0 Å². The molecule has 0 aliphatic rings. The first-order valence-electron chi connectivity index (χ1n) is 5.72. The van der Waals surface area contributed by atoms with E-state index in [0.29, 0.717) is 5.75 Å². The molecule has 1 aromatic rings. The van der Waals surface area contributed by atoms with E-state index < -0.39 is 5.41 Å². The minimum atomic E-state index is -0.582. The maximum absolute atomic E-state index is 11.1. The van der Waals surface area contributed by atoms with E-state index in [-0.39, 0.29) is 6.10 Å². The van der Waals surface area contributed by atoms with Gasteiger partial charge in [-0.2, -0.15) is 0 Å². The van der Waals surface area contributed by atoms with Crippen LogP contribution in [0.25, 0.3) is 0 Å². The lowest BCUT2D eigenvalue weighted by Crippen LogP contribution is -2.20. The third kappa shape index (κ3) is 3.22. The summed E-state index contributed by atoms with van der Waals surface area (Å²) in [6.45, 7) is 7.65. The first-order chi connectivity index (χ1) is 7.90. The number of hydrogen-bond donors (Lipinski definition) is 0. The third-order valence-corrected chi connectivity index (χ3v) is 2.53. The van der Waals surface area contributed by atoms with E-state index in [9.17, 15) is 4.79 Å². The number of benzene rings is 1. The highest BCUT2D eigenvalue weighted by molar-refractivity contribution is 5.69. The molecule has 0 aromatic heterocycles. The Morgan fingerprint density at radius 1 is 1.29 bits per heavy atom. The fraction of sp³-hybridized carbons (Fsp3) is 0.500. The van der Waals surface area contributed by atoms with Crippen molar-refractivity contribution in [2.24, 2.45) is 0 Å². The molecule has 3 nitrogen and oxygen atoms in total. The van der Waals surface area contributed by atoms with Gasteiger partial charge in [0, 0.05) is 11.0 Å². The van der Waals surface area contributed by atoms with Crippen LogP contribution in [-0.2, 0) is 10.2 Å². The molecule has 3 heteroatoms. The summed E-state index contributed by atoms with van der Waals surface area (Å²) in [5, 5.41) is 0. The molecule has 17 heavy (non-hydrogen) atoms. The number of carbonyl (C=O) groups is 1. The lowest BCUT2D eigenvalue weighted by molar-refractivity contribution is -0.111. The molecular weight excluding hydrogens is 216 g/mol. The van der Waals surface area contributed by atoms with Gasteiger partial charge < -0.3 is 14.3 Å². The van der Waals surface area contributed by atoms with Crippen LogP contribution in [0.5, 0.6) is 11.5 Å². The molecule has 0 radical (unpaired) electrons. The summed E-state index contributed by atoms with van der Waals surface area (Å²) >= 11 is 0. The molecule has 0 N–H and O–H groups in total. The van der Waals surface area contributed by atoms with Crippen LogP contribution in [0.3, 0.4) is 0 Å². The minimum absolute atomic E-state index is 0.107. The highest BCUT2D eigenvalue weighted by Crippen LogP contribution is 2.33. The second-order valence-electron chi connectivity index (χ2n) is 4.87. The quantitative estimate of drug-likeness (QED) is 0.737. The SMILES string of the molecule is COc1ccc(OC(C)C)cc1C(C)(C)C=O. The smallest absolute Gasteiger partial charge is 0.130 e. The summed E-state index contributed by atoms with van der Waals surface area (Å²) in [7, 11) is 1.60. The van der Waals surface area contributed by atoms with E-state index in [4.69, 9.17) is 9.47 Å². The van der Waals surface area contributed by atoms with Gasteiger partial charge in [-0.05, 0) is 45.9 Å². The van der Waals surface area contributed by atoms with Gasteiger partial charge in [-0.15, -0.1) is 0 Å². The maximum Gasteiger partial charge on any atom is 0.130 e. The van der Waals surface area contributed by atoms with E-state index >= 15 is 0 Å². The highest BCUT2D eigenvalue weighted by atomic mass is 16.5. The lowest BCUT2D eigenvalue weighted by atomic mass is 9.85. The summed E-state index contributed by atoms with van der Waals surface area (Å²) < 4.78 is 10.9. The van der Waals surface area contributed by atoms with Crippen molar-refractivity contribution in [3.63, 3.8) is 0 Å². The summed E-state index contributed by atoms with van der Waals surface area (Å²) in [6.07, 6.45) is 1.03. The fourth-order valence-corrected chi connectivity index (χ4v) is 1.60. The number of rotatable bonds is 5. The molecular formula is C14H20O3. The molecule has 1 rings (SSSR count). The van der Waals surface area contributed by atoms with Crippen LogP contribution in [0, 0.1) is 0 Å². The Kier molecular flexibility index (Phi) is 4.16. The number of carbonyl (C=O) groups excluding carboxylic acids is 1. The molecule has 0 saturated carbocycles. The minimum Gasteiger partial charge on any atom is -0.496 e. The van der Waals surface area contributed by atoms with Crippen molar-refractivity contribution in [1.82, 2.24) is 0 Å². The van der Waals surface area contributed by atoms with Gasteiger partial charge in [0.05, 0.1) is 13.2 Å². The molecule has 0 heterocycles. The standard InChI is InChI=1S/C14H20O3/c1-10(2)17-11-6-7-13(16-5)12(8-11)14(3,4)9-15/h6-10H,1-5H3. The lowest BCUT2D eigenvalue weighted by Gasteiger charge is -2.22. The first-order valence-corrected chi connectivity index (χ1v) is 5.72. The Balaban J connectivity index is 3.20. The summed E-state index contributed by atoms with van der Waals surface area (Å²) in [5.74, 6) is 1.46. The Labute approximate surface area is 103 Å². The van der Waals surface area contributed by atoms with Crippen molar-refractivity contribution < 1.29 is 14.3 Å². The molecule has 94 valence electrons. The third-order valence-electron chi connectivity index (χ3n) is 2.53. The van der Waals surface area contributed by atoms with Crippen LogP contribution in [0.1, 0.15) is 33.3 Å². The molecule has 0 aliphatic heterocycles. The van der Waals surface area contributed by atoms with Crippen LogP contribution in [0.4, 0.5) is 0 Å². The summed E-state index contributed by atoms with van der Waals surface area (Å²) in [6, 6.07) is 5.55. The molecule has 0 unspecified atom stereocenters. The van der Waals surface area contributed by atoms with Crippen LogP contribution in [0.2, 0.25) is 0 Å². The summed E-state index contributed by atoms with van der Waals surface area (Å²) in [4.78, 5) is 11.1. The Hall–Kier alpha value is -1.51. The average Bonchev–Trinajstić information content (AvgIpc) is 2.28. The van der Waals surface area contributed by atoms with E-state index in [1.54, 1.807) is 7.11 Å². The molecule has 0 aliphatic carbocycles. The molecule has 0 spiro atoms. The number of aldehydes is 1. The maximum atomic E-state index is 11.1. The largest absolute Gasteiger partial charge is 0.496 e. The van der Waals surface area contributed by atoms with Gasteiger partial charge in [0.2, 0.25) is 0 Å². The molecule has 0 fully saturated rings. The Morgan fingerprint density at radius 3 is 2.41 bits per heavy atom. The van der Waals surface area contributed by atoms with E-state index in [0.717, 1.165) is 17.6 Å². The zero-order valence-electron chi connectivity index (χ0n) is 11.1. The molecule has 0 atom stereocenters. The molecule has 0 bridgehead atoms. The van der Waals surface area contributed by atoms with Crippen LogP contribution >= 0.6 is 0 Å². The zero-order valence-corrected chi connectivity index (χ0v) is 11.1. The van der Waals surface area contributed by atoms with Gasteiger partial charge in [-0.25, -0.2) is 0 Å². The van der Waals surface area contributed by atoms with E-state index in [1.807, 2.05) is 45.9 Å². The van der Waals surface area contributed by atoms with E-state index in [1.165, 1.54) is 0 Å². The van der Waals surface area contributed by atoms with Crippen molar-refractivity contribution in [3.05, 3.63) is 23.8 Å². The fourth-order valence-electron chi connectivity index (χ4n) is 1.60. The molecule has 0 saturated heterocycles. The van der Waals surface area contributed by atoms with Crippen molar-refractivity contribution in [2.75, 3.05) is 7.11 Å². The van der Waals surface area contributed by atoms with Crippen molar-refractivity contribution >= 4 is 6.29 Å². The van der Waals surface area contributed by atoms with Crippen molar-refractivity contribution in [3.8, 4) is 11.5 Å². The van der Waals surface area contributed by atoms with Gasteiger partial charge >= 0.3 is 0 Å². The normalized spacial score (nSPS) is 11.4. The number of ether oxygens (including phenoxy) is 2. The Bertz CT molecular complexity index is 394. The van der Waals surface area contributed by atoms with Crippen LogP contribution in [0.15, 0.2) is 18.2 Å². The zero-order chi connectivity index (χ0) is 13.1. The highest BCUT2D eigenvalue weighted by Gasteiger charge is 2.24. The van der Waals surface area contributed by atoms with Crippen LogP contribution < -0.4 is 9.47 Å². The molecule has 1 aromatic carbocycles. The number of methoxy groups -OCH3 is 1. The second-order valence-corrected chi connectivity index (χ2v) is 4.87. The summed E-state index contributed by atoms with van der Waals surface area (Å²) in [5.41, 5.74) is 0.259. The van der Waals surface area contributed by atoms with Gasteiger partial charge in [0.25, 0.3) is 0 Å². The molecule has 0 amide bonds. The first kappa shape index (κ1) is 13.6. The monoisotopic (exact) mass is 236 g/mol. The predicted octanol–water partition coefficient (Wildman–Crippen LogP) is 2.96. The van der Waals surface area contributed by atoms with Crippen LogP contribution in [-0.4, -0.2) is 19.5 Å². The predicted molar refractivity (Wildman–Crippen MR) is 67.8 cm³/mol. The van der Waals surface area contributed by atoms with Gasteiger partial charge in [-0.1, -0.05) is 0 Å².